The van der Waals surface area contributed by atoms with E-state index >= 15 is 0 Å². The molecule has 45 heavy (non-hydrogen) atoms. The van der Waals surface area contributed by atoms with Gasteiger partial charge in [-0.1, -0.05) is 107 Å². The van der Waals surface area contributed by atoms with Crippen LogP contribution in [0.15, 0.2) is 60.8 Å². The minimum Gasteiger partial charge on any atom is -0.756 e. The fourth-order valence-corrected chi connectivity index (χ4v) is 4.89. The number of phosphoric acid groups is 1. The number of aliphatic hydroxyl groups is 1. The van der Waals surface area contributed by atoms with Crippen molar-refractivity contribution in [2.24, 2.45) is 0 Å². The van der Waals surface area contributed by atoms with Crippen LogP contribution in [0.1, 0.15) is 110 Å². The van der Waals surface area contributed by atoms with Crippen LogP contribution in [0.5, 0.6) is 0 Å². The first-order valence-electron chi connectivity index (χ1n) is 17.2. The zero-order chi connectivity index (χ0) is 33.7. The van der Waals surface area contributed by atoms with E-state index in [1.807, 2.05) is 27.2 Å². The molecule has 0 fully saturated rings. The van der Waals surface area contributed by atoms with E-state index in [0.717, 1.165) is 83.5 Å². The van der Waals surface area contributed by atoms with Gasteiger partial charge >= 0.3 is 0 Å². The molecule has 0 spiro atoms. The van der Waals surface area contributed by atoms with Crippen molar-refractivity contribution in [3.05, 3.63) is 60.8 Å². The zero-order valence-corrected chi connectivity index (χ0v) is 29.9. The van der Waals surface area contributed by atoms with Crippen LogP contribution in [0.4, 0.5) is 0 Å². The maximum atomic E-state index is 12.7. The number of aliphatic hydroxyl groups excluding tert-OH is 1. The van der Waals surface area contributed by atoms with Crippen LogP contribution in [0.25, 0.3) is 0 Å². The highest BCUT2D eigenvalue weighted by molar-refractivity contribution is 7.45. The van der Waals surface area contributed by atoms with Gasteiger partial charge in [-0.3, -0.25) is 9.36 Å². The van der Waals surface area contributed by atoms with E-state index in [1.54, 1.807) is 6.08 Å². The normalized spacial score (nSPS) is 15.6. The molecule has 0 aromatic rings. The van der Waals surface area contributed by atoms with Crippen LogP contribution in [0, 0.1) is 0 Å². The number of phosphoric ester groups is 1. The average molecular weight is 653 g/mol. The number of unbranched alkanes of at least 4 members (excludes halogenated alkanes) is 8. The third-order valence-electron chi connectivity index (χ3n) is 6.96. The number of carbonyl (C=O) groups is 1. The lowest BCUT2D eigenvalue weighted by molar-refractivity contribution is -0.870. The van der Waals surface area contributed by atoms with Crippen LogP contribution in [-0.2, 0) is 18.4 Å². The van der Waals surface area contributed by atoms with Gasteiger partial charge in [0.2, 0.25) is 5.91 Å². The second kappa shape index (κ2) is 28.4. The van der Waals surface area contributed by atoms with Gasteiger partial charge in [-0.25, -0.2) is 0 Å². The predicted octanol–water partition coefficient (Wildman–Crippen LogP) is 7.71. The van der Waals surface area contributed by atoms with E-state index in [0.29, 0.717) is 17.4 Å². The number of quaternary nitrogens is 1. The molecule has 0 bridgehead atoms. The third-order valence-corrected chi connectivity index (χ3v) is 7.93. The molecule has 0 rings (SSSR count). The van der Waals surface area contributed by atoms with E-state index in [-0.39, 0.29) is 12.5 Å². The van der Waals surface area contributed by atoms with Gasteiger partial charge in [0, 0.05) is 6.42 Å². The Morgan fingerprint density at radius 3 is 2.07 bits per heavy atom. The highest BCUT2D eigenvalue weighted by Gasteiger charge is 2.23. The number of nitrogens with zero attached hydrogens (tertiary/aromatic N) is 1. The number of amides is 1. The molecule has 1 amide bonds. The lowest BCUT2D eigenvalue weighted by atomic mass is 10.1. The van der Waals surface area contributed by atoms with Crippen LogP contribution in [0.2, 0.25) is 0 Å². The predicted molar refractivity (Wildman–Crippen MR) is 187 cm³/mol. The monoisotopic (exact) mass is 652 g/mol. The van der Waals surface area contributed by atoms with Crippen LogP contribution >= 0.6 is 7.82 Å². The molecule has 0 aliphatic carbocycles. The highest BCUT2D eigenvalue weighted by atomic mass is 31.2. The third kappa shape index (κ3) is 30.6. The quantitative estimate of drug-likeness (QED) is 0.0371. The second-order valence-electron chi connectivity index (χ2n) is 12.5. The van der Waals surface area contributed by atoms with Gasteiger partial charge in [0.15, 0.2) is 0 Å². The van der Waals surface area contributed by atoms with Crippen LogP contribution in [-0.4, -0.2) is 68.5 Å². The van der Waals surface area contributed by atoms with Crippen molar-refractivity contribution in [3.63, 3.8) is 0 Å². The average Bonchev–Trinajstić information content (AvgIpc) is 2.97. The largest absolute Gasteiger partial charge is 0.756 e. The van der Waals surface area contributed by atoms with E-state index < -0.39 is 26.6 Å². The van der Waals surface area contributed by atoms with Gasteiger partial charge in [0.1, 0.15) is 13.2 Å². The van der Waals surface area contributed by atoms with Gasteiger partial charge in [0.25, 0.3) is 7.82 Å². The summed E-state index contributed by atoms with van der Waals surface area (Å²) >= 11 is 0. The fraction of sp³-hybridized carbons (Fsp3) is 0.694. The number of carbonyl (C=O) groups excluding carboxylic acids is 1. The summed E-state index contributed by atoms with van der Waals surface area (Å²) in [6, 6.07) is -0.910. The molecule has 8 nitrogen and oxygen atoms in total. The van der Waals surface area contributed by atoms with Gasteiger partial charge in [-0.05, 0) is 57.8 Å². The molecule has 3 unspecified atom stereocenters. The van der Waals surface area contributed by atoms with Crippen molar-refractivity contribution in [1.82, 2.24) is 5.32 Å². The zero-order valence-electron chi connectivity index (χ0n) is 29.0. The lowest BCUT2D eigenvalue weighted by Crippen LogP contribution is -2.45. The van der Waals surface area contributed by atoms with Crippen molar-refractivity contribution >= 4 is 13.7 Å². The Balaban J connectivity index is 4.60. The SMILES string of the molecule is CC/C=C\C/C=C\C/C=C\CCCCCCCC(=O)NC(COP(=O)([O-])OCC[N+](C)(C)C)C(O)/C=C/CC/C=C/CCCC. The van der Waals surface area contributed by atoms with Crippen LogP contribution in [0.3, 0.4) is 0 Å². The summed E-state index contributed by atoms with van der Waals surface area (Å²) in [5.41, 5.74) is 0. The Morgan fingerprint density at radius 2 is 1.38 bits per heavy atom. The summed E-state index contributed by atoms with van der Waals surface area (Å²) in [6.07, 6.45) is 34.2. The number of allylic oxidation sites excluding steroid dienone is 9. The summed E-state index contributed by atoms with van der Waals surface area (Å²) in [5, 5.41) is 13.5. The highest BCUT2D eigenvalue weighted by Crippen LogP contribution is 2.38. The van der Waals surface area contributed by atoms with Crippen LogP contribution < -0.4 is 10.2 Å². The maximum Gasteiger partial charge on any atom is 0.268 e. The van der Waals surface area contributed by atoms with Gasteiger partial charge in [-0.2, -0.15) is 0 Å². The van der Waals surface area contributed by atoms with E-state index in [1.165, 1.54) is 6.42 Å². The Hall–Kier alpha value is -1.80. The number of hydrogen-bond acceptors (Lipinski definition) is 6. The van der Waals surface area contributed by atoms with E-state index in [4.69, 9.17) is 9.05 Å². The van der Waals surface area contributed by atoms with Gasteiger partial charge < -0.3 is 28.8 Å². The molecular formula is C36H65N2O6P. The number of rotatable bonds is 29. The Morgan fingerprint density at radius 1 is 0.800 bits per heavy atom. The molecule has 0 radical (unpaired) electrons. The summed E-state index contributed by atoms with van der Waals surface area (Å²) in [5.74, 6) is -0.234. The Kier molecular flexibility index (Phi) is 27.3. The molecule has 0 aromatic carbocycles. The van der Waals surface area contributed by atoms with E-state index in [9.17, 15) is 19.4 Å². The van der Waals surface area contributed by atoms with Crippen molar-refractivity contribution in [3.8, 4) is 0 Å². The van der Waals surface area contributed by atoms with Crippen molar-refractivity contribution < 1.29 is 32.9 Å². The molecule has 0 saturated heterocycles. The summed E-state index contributed by atoms with van der Waals surface area (Å²) in [7, 11) is 1.21. The van der Waals surface area contributed by atoms with Crippen molar-refractivity contribution in [1.29, 1.82) is 0 Å². The topological polar surface area (TPSA) is 108 Å². The minimum absolute atomic E-state index is 0.0135. The number of nitrogens with one attached hydrogen (secondary N) is 1. The standard InChI is InChI=1S/C36H65N2O6P/c1-6-8-10-12-14-16-17-18-19-20-21-22-24-26-28-30-36(40)37-34(33-44-45(41,42)43-32-31-38(3,4)5)35(39)29-27-25-23-15-13-11-9-7-2/h8,10,13-16,18-19,27,29,34-35,39H,6-7,9,11-12,17,20-26,28,30-33H2,1-5H3,(H-,37,40,41,42)/b10-8-,15-13+,16-14-,19-18-,29-27+. The van der Waals surface area contributed by atoms with Gasteiger partial charge in [0.05, 0.1) is 39.9 Å². The lowest BCUT2D eigenvalue weighted by Gasteiger charge is -2.29. The van der Waals surface area contributed by atoms with E-state index in [2.05, 4.69) is 67.8 Å². The first-order chi connectivity index (χ1) is 21.5. The van der Waals surface area contributed by atoms with Crippen molar-refractivity contribution in [2.45, 2.75) is 122 Å². The fourth-order valence-electron chi connectivity index (χ4n) is 4.16. The van der Waals surface area contributed by atoms with Gasteiger partial charge in [-0.15, -0.1) is 0 Å². The molecule has 0 aromatic heterocycles. The number of hydrogen-bond donors (Lipinski definition) is 2. The Bertz CT molecular complexity index is 923. The molecule has 9 heteroatoms. The van der Waals surface area contributed by atoms with Crippen molar-refractivity contribution in [2.75, 3.05) is 40.9 Å². The molecule has 260 valence electrons. The molecule has 3 atom stereocenters. The summed E-state index contributed by atoms with van der Waals surface area (Å²) in [4.78, 5) is 25.0. The molecule has 0 aliphatic heterocycles. The molecular weight excluding hydrogens is 587 g/mol. The smallest absolute Gasteiger partial charge is 0.268 e. The Labute approximate surface area is 275 Å². The maximum absolute atomic E-state index is 12.7. The molecule has 0 heterocycles. The first kappa shape index (κ1) is 43.2. The minimum atomic E-state index is -4.59. The summed E-state index contributed by atoms with van der Waals surface area (Å²) < 4.78 is 22.9. The molecule has 0 aliphatic rings. The molecule has 0 saturated carbocycles. The first-order valence-corrected chi connectivity index (χ1v) is 18.6. The molecule has 2 N–H and O–H groups in total. The number of likely N-dealkylation sites (N-methyl/N-ethyl adjacent to an activating group) is 1. The summed E-state index contributed by atoms with van der Waals surface area (Å²) in [6.45, 7) is 4.37. The second-order valence-corrected chi connectivity index (χ2v) is 13.9.